The molecule has 0 saturated heterocycles. The van der Waals surface area contributed by atoms with Gasteiger partial charge in [0.25, 0.3) is 0 Å². The van der Waals surface area contributed by atoms with Crippen LogP contribution in [0.25, 0.3) is 0 Å². The molecule has 0 heterocycles. The summed E-state index contributed by atoms with van der Waals surface area (Å²) in [5, 5.41) is 8.19. The molecule has 0 aromatic carbocycles. The lowest BCUT2D eigenvalue weighted by Crippen LogP contribution is -2.02. The lowest BCUT2D eigenvalue weighted by molar-refractivity contribution is 0.0878. The highest BCUT2D eigenvalue weighted by Gasteiger charge is 1.95. The summed E-state index contributed by atoms with van der Waals surface area (Å²) in [6, 6.07) is 0. The fourth-order valence-corrected chi connectivity index (χ4v) is 1.20. The Kier molecular flexibility index (Phi) is 10.7. The first kappa shape index (κ1) is 14.2. The van der Waals surface area contributed by atoms with Crippen molar-refractivity contribution < 1.29 is 19.4 Å². The van der Waals surface area contributed by atoms with Gasteiger partial charge in [0.2, 0.25) is 0 Å². The predicted octanol–water partition coefficient (Wildman–Crippen LogP) is 3.06. The minimum Gasteiger partial charge on any atom is -0.450 e. The molecule has 15 heavy (non-hydrogen) atoms. The van der Waals surface area contributed by atoms with Crippen LogP contribution in [0, 0.1) is 0 Å². The third-order valence-corrected chi connectivity index (χ3v) is 2.05. The largest absolute Gasteiger partial charge is 0.505 e. The number of hydrogen-bond acceptors (Lipinski definition) is 3. The second-order valence-electron chi connectivity index (χ2n) is 3.49. The summed E-state index contributed by atoms with van der Waals surface area (Å²) in [6.07, 6.45) is 5.12. The van der Waals surface area contributed by atoms with E-state index in [0.29, 0.717) is 6.61 Å². The van der Waals surface area contributed by atoms with Gasteiger partial charge >= 0.3 is 6.16 Å². The van der Waals surface area contributed by atoms with Crippen LogP contribution in [0.3, 0.4) is 0 Å². The molecule has 0 aliphatic rings. The zero-order valence-corrected chi connectivity index (χ0v) is 9.54. The molecular formula is C11H22O4. The highest BCUT2D eigenvalue weighted by molar-refractivity contribution is 5.56. The van der Waals surface area contributed by atoms with Crippen molar-refractivity contribution in [3.63, 3.8) is 0 Å². The van der Waals surface area contributed by atoms with E-state index in [2.05, 4.69) is 11.7 Å². The van der Waals surface area contributed by atoms with Crippen LogP contribution in [0.1, 0.15) is 45.4 Å². The molecule has 0 saturated carbocycles. The summed E-state index contributed by atoms with van der Waals surface area (Å²) in [5.41, 5.74) is 0. The second kappa shape index (κ2) is 11.3. The van der Waals surface area contributed by atoms with E-state index >= 15 is 0 Å². The van der Waals surface area contributed by atoms with Gasteiger partial charge in [-0.25, -0.2) is 4.79 Å². The van der Waals surface area contributed by atoms with Crippen LogP contribution < -0.4 is 0 Å². The van der Waals surface area contributed by atoms with E-state index in [1.54, 1.807) is 0 Å². The first-order valence-corrected chi connectivity index (χ1v) is 5.70. The summed E-state index contributed by atoms with van der Waals surface area (Å²) in [4.78, 5) is 9.99. The molecule has 0 atom stereocenters. The topological polar surface area (TPSA) is 55.8 Å². The molecule has 0 rings (SSSR count). The molecule has 4 nitrogen and oxygen atoms in total. The molecule has 0 spiro atoms. The molecule has 0 bridgehead atoms. The van der Waals surface area contributed by atoms with Gasteiger partial charge in [-0.3, -0.25) is 0 Å². The first-order chi connectivity index (χ1) is 7.27. The molecule has 90 valence electrons. The molecule has 1 N–H and O–H groups in total. The Bertz CT molecular complexity index is 148. The maximum absolute atomic E-state index is 9.99. The van der Waals surface area contributed by atoms with Gasteiger partial charge in [-0.05, 0) is 25.7 Å². The lowest BCUT2D eigenvalue weighted by Gasteiger charge is -2.03. The Balaban J connectivity index is 2.89. The number of unbranched alkanes of at least 4 members (excludes halogenated alkanes) is 4. The van der Waals surface area contributed by atoms with Crippen LogP contribution in [0.4, 0.5) is 4.79 Å². The summed E-state index contributed by atoms with van der Waals surface area (Å²) < 4.78 is 9.78. The van der Waals surface area contributed by atoms with Crippen LogP contribution in [-0.2, 0) is 9.47 Å². The van der Waals surface area contributed by atoms with E-state index in [-0.39, 0.29) is 0 Å². The van der Waals surface area contributed by atoms with Crippen molar-refractivity contribution in [2.75, 3.05) is 19.8 Å². The van der Waals surface area contributed by atoms with Crippen molar-refractivity contribution in [3.05, 3.63) is 0 Å². The number of carbonyl (C=O) groups is 1. The fourth-order valence-electron chi connectivity index (χ4n) is 1.20. The maximum atomic E-state index is 9.99. The van der Waals surface area contributed by atoms with Gasteiger partial charge in [-0.2, -0.15) is 0 Å². The molecule has 0 fully saturated rings. The average Bonchev–Trinajstić information content (AvgIpc) is 2.20. The van der Waals surface area contributed by atoms with E-state index in [1.165, 1.54) is 12.8 Å². The van der Waals surface area contributed by atoms with Crippen molar-refractivity contribution in [2.24, 2.45) is 0 Å². The Hall–Kier alpha value is -0.770. The van der Waals surface area contributed by atoms with Crippen LogP contribution in [-0.4, -0.2) is 31.1 Å². The molecule has 0 radical (unpaired) electrons. The lowest BCUT2D eigenvalue weighted by atomic mass is 10.2. The second-order valence-corrected chi connectivity index (χ2v) is 3.49. The summed E-state index contributed by atoms with van der Waals surface area (Å²) in [6.45, 7) is 4.09. The quantitative estimate of drug-likeness (QED) is 0.452. The SMILES string of the molecule is CCCCCOCCCCCOC(=O)O. The van der Waals surface area contributed by atoms with Gasteiger partial charge in [0, 0.05) is 13.2 Å². The first-order valence-electron chi connectivity index (χ1n) is 5.70. The fraction of sp³-hybridized carbons (Fsp3) is 0.909. The number of hydrogen-bond donors (Lipinski definition) is 1. The van der Waals surface area contributed by atoms with Gasteiger partial charge in [-0.15, -0.1) is 0 Å². The van der Waals surface area contributed by atoms with E-state index in [1.807, 2.05) is 0 Å². The molecule has 0 aromatic rings. The van der Waals surface area contributed by atoms with Crippen molar-refractivity contribution in [1.29, 1.82) is 0 Å². The Morgan fingerprint density at radius 2 is 1.60 bits per heavy atom. The van der Waals surface area contributed by atoms with E-state index in [0.717, 1.165) is 38.9 Å². The minimum atomic E-state index is -1.19. The molecule has 0 unspecified atom stereocenters. The minimum absolute atomic E-state index is 0.297. The number of rotatable bonds is 10. The molecule has 0 aliphatic heterocycles. The predicted molar refractivity (Wildman–Crippen MR) is 58.2 cm³/mol. The van der Waals surface area contributed by atoms with Crippen LogP contribution in [0.2, 0.25) is 0 Å². The number of carboxylic acid groups (broad SMARTS) is 1. The summed E-state index contributed by atoms with van der Waals surface area (Å²) >= 11 is 0. The third kappa shape index (κ3) is 13.2. The highest BCUT2D eigenvalue weighted by atomic mass is 16.7. The normalized spacial score (nSPS) is 10.2. The molecule has 0 aromatic heterocycles. The van der Waals surface area contributed by atoms with Gasteiger partial charge in [0.15, 0.2) is 0 Å². The summed E-state index contributed by atoms with van der Waals surface area (Å²) in [5.74, 6) is 0. The van der Waals surface area contributed by atoms with Crippen LogP contribution in [0.5, 0.6) is 0 Å². The van der Waals surface area contributed by atoms with Crippen LogP contribution in [0.15, 0.2) is 0 Å². The average molecular weight is 218 g/mol. The standard InChI is InChI=1S/C11H22O4/c1-2-3-5-8-14-9-6-4-7-10-15-11(12)13/h2-10H2,1H3,(H,12,13). The van der Waals surface area contributed by atoms with Crippen molar-refractivity contribution in [1.82, 2.24) is 0 Å². The molecule has 0 aliphatic carbocycles. The van der Waals surface area contributed by atoms with E-state index < -0.39 is 6.16 Å². The van der Waals surface area contributed by atoms with Crippen LogP contribution >= 0.6 is 0 Å². The summed E-state index contributed by atoms with van der Waals surface area (Å²) in [7, 11) is 0. The van der Waals surface area contributed by atoms with Crippen molar-refractivity contribution in [3.8, 4) is 0 Å². The zero-order valence-electron chi connectivity index (χ0n) is 9.54. The highest BCUT2D eigenvalue weighted by Crippen LogP contribution is 1.99. The van der Waals surface area contributed by atoms with Crippen molar-refractivity contribution >= 4 is 6.16 Å². The van der Waals surface area contributed by atoms with E-state index in [4.69, 9.17) is 9.84 Å². The van der Waals surface area contributed by atoms with Gasteiger partial charge < -0.3 is 14.6 Å². The monoisotopic (exact) mass is 218 g/mol. The molecular weight excluding hydrogens is 196 g/mol. The maximum Gasteiger partial charge on any atom is 0.505 e. The number of ether oxygens (including phenoxy) is 2. The molecule has 0 amide bonds. The Morgan fingerprint density at radius 1 is 1.00 bits per heavy atom. The van der Waals surface area contributed by atoms with Gasteiger partial charge in [0.1, 0.15) is 0 Å². The van der Waals surface area contributed by atoms with Crippen molar-refractivity contribution in [2.45, 2.75) is 45.4 Å². The zero-order chi connectivity index (χ0) is 11.4. The Morgan fingerprint density at radius 3 is 2.20 bits per heavy atom. The van der Waals surface area contributed by atoms with E-state index in [9.17, 15) is 4.79 Å². The van der Waals surface area contributed by atoms with Gasteiger partial charge in [-0.1, -0.05) is 19.8 Å². The smallest absolute Gasteiger partial charge is 0.450 e. The Labute approximate surface area is 91.6 Å². The molecule has 4 heteroatoms. The van der Waals surface area contributed by atoms with Gasteiger partial charge in [0.05, 0.1) is 6.61 Å². The third-order valence-electron chi connectivity index (χ3n) is 2.05.